The Balaban J connectivity index is 3.75. The summed E-state index contributed by atoms with van der Waals surface area (Å²) in [6.45, 7) is 0.611. The summed E-state index contributed by atoms with van der Waals surface area (Å²) in [5.41, 5.74) is 33.0. The average molecular weight is 190 g/mol. The molecule has 0 aromatic carbocycles. The van der Waals surface area contributed by atoms with Gasteiger partial charge < -0.3 is 34.4 Å². The molecular formula is C7H22N6. The Kier molecular flexibility index (Phi) is 5.38. The van der Waals surface area contributed by atoms with Gasteiger partial charge >= 0.3 is 0 Å². The van der Waals surface area contributed by atoms with Crippen LogP contribution in [0.15, 0.2) is 0 Å². The Bertz CT molecular complexity index is 131. The van der Waals surface area contributed by atoms with Crippen molar-refractivity contribution in [2.24, 2.45) is 34.4 Å². The molecule has 0 aliphatic rings. The standard InChI is InChI=1S/C7H22N6/c8-3-1-2-5(9)6(10)4-7(11,12)13/h5-6H,1-4,8-13H2. The maximum atomic E-state index is 5.76. The lowest BCUT2D eigenvalue weighted by Crippen LogP contribution is -2.62. The third kappa shape index (κ3) is 6.88. The normalized spacial score (nSPS) is 17.1. The summed E-state index contributed by atoms with van der Waals surface area (Å²) < 4.78 is 0. The highest BCUT2D eigenvalue weighted by Gasteiger charge is 2.21. The van der Waals surface area contributed by atoms with Crippen LogP contribution >= 0.6 is 0 Å². The van der Waals surface area contributed by atoms with E-state index in [1.54, 1.807) is 0 Å². The van der Waals surface area contributed by atoms with Gasteiger partial charge in [-0.1, -0.05) is 0 Å². The molecule has 13 heavy (non-hydrogen) atoms. The van der Waals surface area contributed by atoms with Gasteiger partial charge in [0, 0.05) is 18.5 Å². The van der Waals surface area contributed by atoms with E-state index in [2.05, 4.69) is 0 Å². The maximum absolute atomic E-state index is 5.76. The summed E-state index contributed by atoms with van der Waals surface area (Å²) in [4.78, 5) is 0. The predicted molar refractivity (Wildman–Crippen MR) is 54.1 cm³/mol. The zero-order valence-corrected chi connectivity index (χ0v) is 7.95. The third-order valence-corrected chi connectivity index (χ3v) is 1.88. The van der Waals surface area contributed by atoms with E-state index in [0.717, 1.165) is 12.8 Å². The minimum atomic E-state index is -1.24. The SMILES string of the molecule is NCCCC(N)C(N)CC(N)(N)N. The molecule has 0 aliphatic heterocycles. The number of rotatable bonds is 6. The average Bonchev–Trinajstić information content (AvgIpc) is 1.96. The van der Waals surface area contributed by atoms with Crippen molar-refractivity contribution in [3.63, 3.8) is 0 Å². The fourth-order valence-corrected chi connectivity index (χ4v) is 1.13. The lowest BCUT2D eigenvalue weighted by molar-refractivity contribution is 0.343. The molecule has 12 N–H and O–H groups in total. The zero-order valence-electron chi connectivity index (χ0n) is 7.95. The Morgan fingerprint density at radius 1 is 1.00 bits per heavy atom. The first-order valence-electron chi connectivity index (χ1n) is 4.44. The fourth-order valence-electron chi connectivity index (χ4n) is 1.13. The summed E-state index contributed by atoms with van der Waals surface area (Å²) in [5, 5.41) is 0. The van der Waals surface area contributed by atoms with Crippen LogP contribution in [-0.2, 0) is 0 Å². The third-order valence-electron chi connectivity index (χ3n) is 1.88. The molecular weight excluding hydrogens is 168 g/mol. The minimum Gasteiger partial charge on any atom is -0.330 e. The van der Waals surface area contributed by atoms with Gasteiger partial charge in [-0.15, -0.1) is 0 Å². The van der Waals surface area contributed by atoms with Crippen LogP contribution < -0.4 is 34.4 Å². The van der Waals surface area contributed by atoms with Crippen molar-refractivity contribution >= 4 is 0 Å². The first-order valence-corrected chi connectivity index (χ1v) is 4.44. The smallest absolute Gasteiger partial charge is 0.117 e. The van der Waals surface area contributed by atoms with E-state index < -0.39 is 5.79 Å². The molecule has 0 amide bonds. The van der Waals surface area contributed by atoms with Crippen LogP contribution in [0.3, 0.4) is 0 Å². The largest absolute Gasteiger partial charge is 0.330 e. The molecule has 6 heteroatoms. The lowest BCUT2D eigenvalue weighted by atomic mass is 9.99. The Labute approximate surface area is 79.0 Å². The van der Waals surface area contributed by atoms with Gasteiger partial charge in [0.15, 0.2) is 0 Å². The predicted octanol–water partition coefficient (Wildman–Crippen LogP) is -2.70. The van der Waals surface area contributed by atoms with Crippen molar-refractivity contribution in [3.05, 3.63) is 0 Å². The fraction of sp³-hybridized carbons (Fsp3) is 1.00. The van der Waals surface area contributed by atoms with E-state index in [-0.39, 0.29) is 12.1 Å². The van der Waals surface area contributed by atoms with E-state index in [1.165, 1.54) is 0 Å². The summed E-state index contributed by atoms with van der Waals surface area (Å²) in [6.07, 6.45) is 1.92. The van der Waals surface area contributed by atoms with Crippen molar-refractivity contribution in [1.82, 2.24) is 0 Å². The quantitative estimate of drug-likeness (QED) is 0.250. The number of nitrogens with two attached hydrogens (primary N) is 6. The monoisotopic (exact) mass is 190 g/mol. The molecule has 2 atom stereocenters. The lowest BCUT2D eigenvalue weighted by Gasteiger charge is -2.26. The van der Waals surface area contributed by atoms with E-state index in [4.69, 9.17) is 34.4 Å². The maximum Gasteiger partial charge on any atom is 0.117 e. The molecule has 0 heterocycles. The van der Waals surface area contributed by atoms with Crippen LogP contribution in [-0.4, -0.2) is 24.4 Å². The van der Waals surface area contributed by atoms with E-state index in [1.807, 2.05) is 0 Å². The molecule has 0 aliphatic carbocycles. The molecule has 0 saturated heterocycles. The van der Waals surface area contributed by atoms with Crippen LogP contribution in [0, 0.1) is 0 Å². The number of hydrogen-bond donors (Lipinski definition) is 6. The first kappa shape index (κ1) is 12.8. The summed E-state index contributed by atoms with van der Waals surface area (Å²) in [7, 11) is 0. The van der Waals surface area contributed by atoms with Gasteiger partial charge in [-0.25, -0.2) is 0 Å². The highest BCUT2D eigenvalue weighted by Crippen LogP contribution is 2.03. The van der Waals surface area contributed by atoms with Crippen LogP contribution in [0.25, 0.3) is 0 Å². The molecule has 0 aromatic rings. The highest BCUT2D eigenvalue weighted by molar-refractivity contribution is 4.83. The van der Waals surface area contributed by atoms with Crippen molar-refractivity contribution in [2.75, 3.05) is 6.54 Å². The summed E-state index contributed by atoms with van der Waals surface area (Å²) in [6, 6.07) is -0.412. The van der Waals surface area contributed by atoms with E-state index in [0.29, 0.717) is 13.0 Å². The van der Waals surface area contributed by atoms with Gasteiger partial charge in [0.1, 0.15) is 5.79 Å². The first-order chi connectivity index (χ1) is 5.87. The Hall–Kier alpha value is -0.240. The molecule has 0 aromatic heterocycles. The van der Waals surface area contributed by atoms with Gasteiger partial charge in [-0.2, -0.15) is 0 Å². The van der Waals surface area contributed by atoms with Crippen LogP contribution in [0.2, 0.25) is 0 Å². The molecule has 0 rings (SSSR count). The van der Waals surface area contributed by atoms with Crippen LogP contribution in [0.5, 0.6) is 0 Å². The van der Waals surface area contributed by atoms with Crippen molar-refractivity contribution in [3.8, 4) is 0 Å². The highest BCUT2D eigenvalue weighted by atomic mass is 15.1. The molecule has 0 fully saturated rings. The van der Waals surface area contributed by atoms with Crippen LogP contribution in [0.1, 0.15) is 19.3 Å². The second kappa shape index (κ2) is 5.48. The summed E-state index contributed by atoms with van der Waals surface area (Å²) >= 11 is 0. The Morgan fingerprint density at radius 2 is 1.54 bits per heavy atom. The summed E-state index contributed by atoms with van der Waals surface area (Å²) in [5.74, 6) is -1.24. The van der Waals surface area contributed by atoms with Gasteiger partial charge in [0.05, 0.1) is 0 Å². The molecule has 80 valence electrons. The molecule has 0 saturated carbocycles. The van der Waals surface area contributed by atoms with Crippen molar-refractivity contribution in [2.45, 2.75) is 37.1 Å². The molecule has 0 bridgehead atoms. The van der Waals surface area contributed by atoms with Crippen molar-refractivity contribution in [1.29, 1.82) is 0 Å². The molecule has 6 nitrogen and oxygen atoms in total. The molecule has 0 radical (unpaired) electrons. The van der Waals surface area contributed by atoms with Gasteiger partial charge in [-0.3, -0.25) is 0 Å². The van der Waals surface area contributed by atoms with Gasteiger partial charge in [0.25, 0.3) is 0 Å². The Morgan fingerprint density at radius 3 is 1.92 bits per heavy atom. The zero-order chi connectivity index (χ0) is 10.5. The minimum absolute atomic E-state index is 0.140. The molecule has 2 unspecified atom stereocenters. The van der Waals surface area contributed by atoms with Gasteiger partial charge in [-0.05, 0) is 19.4 Å². The topological polar surface area (TPSA) is 156 Å². The number of hydrogen-bond acceptors (Lipinski definition) is 6. The second-order valence-corrected chi connectivity index (χ2v) is 3.58. The molecule has 0 spiro atoms. The van der Waals surface area contributed by atoms with E-state index >= 15 is 0 Å². The van der Waals surface area contributed by atoms with Gasteiger partial charge in [0.2, 0.25) is 0 Å². The van der Waals surface area contributed by atoms with Crippen LogP contribution in [0.4, 0.5) is 0 Å². The second-order valence-electron chi connectivity index (χ2n) is 3.58. The van der Waals surface area contributed by atoms with Crippen molar-refractivity contribution < 1.29 is 0 Å². The van der Waals surface area contributed by atoms with E-state index in [9.17, 15) is 0 Å².